The quantitative estimate of drug-likeness (QED) is 0.604. The van der Waals surface area contributed by atoms with Crippen LogP contribution in [-0.2, 0) is 15.7 Å². The highest BCUT2D eigenvalue weighted by Gasteiger charge is 2.30. The third kappa shape index (κ3) is 5.83. The van der Waals surface area contributed by atoms with E-state index in [-0.39, 0.29) is 30.4 Å². The zero-order valence-electron chi connectivity index (χ0n) is 14.2. The highest BCUT2D eigenvalue weighted by atomic mass is 19.4. The lowest BCUT2D eigenvalue weighted by Gasteiger charge is -2.27. The molecule has 9 heteroatoms. The summed E-state index contributed by atoms with van der Waals surface area (Å²) in [6.07, 6.45) is -4.41. The second-order valence-electron chi connectivity index (χ2n) is 5.68. The van der Waals surface area contributed by atoms with Crippen LogP contribution in [0.15, 0.2) is 35.8 Å². The molecule has 0 amide bonds. The predicted octanol–water partition coefficient (Wildman–Crippen LogP) is 3.73. The fraction of sp³-hybridized carbons (Fsp3) is 0.471. The molecular weight excluding hydrogens is 355 g/mol. The highest BCUT2D eigenvalue weighted by molar-refractivity contribution is 5.61. The number of methoxy groups -OCH3 is 1. The number of carbonyl (C=O) groups is 1. The number of ether oxygens (including phenoxy) is 3. The van der Waals surface area contributed by atoms with Crippen LogP contribution in [0, 0.1) is 0 Å². The van der Waals surface area contributed by atoms with Gasteiger partial charge < -0.3 is 19.3 Å². The number of aliphatic hydroxyl groups is 1. The van der Waals surface area contributed by atoms with Crippen LogP contribution >= 0.6 is 0 Å². The number of nitrogens with zero attached hydrogens (tertiary/aromatic N) is 1. The first-order chi connectivity index (χ1) is 12.3. The standard InChI is InChI=1S/C17H20F3NO5/c1-24-16(23)26-15-11-21(8-6-14(15)22)7-3-9-25-13-5-2-4-12(10-13)17(18,19)20/h2,4-5,10,22H,3,6-9,11H2,1H3. The number of benzene rings is 1. The second-order valence-corrected chi connectivity index (χ2v) is 5.68. The average Bonchev–Trinajstić information content (AvgIpc) is 2.60. The van der Waals surface area contributed by atoms with Crippen molar-refractivity contribution >= 4 is 6.16 Å². The first-order valence-electron chi connectivity index (χ1n) is 7.99. The number of alkyl halides is 3. The number of hydrogen-bond acceptors (Lipinski definition) is 6. The molecular formula is C17H20F3NO5. The Bertz CT molecular complexity index is 660. The molecule has 1 aromatic rings. The van der Waals surface area contributed by atoms with Crippen LogP contribution in [0.2, 0.25) is 0 Å². The van der Waals surface area contributed by atoms with Gasteiger partial charge in [0, 0.05) is 19.5 Å². The first kappa shape index (κ1) is 19.9. The molecule has 0 fully saturated rings. The molecule has 1 aliphatic heterocycles. The second kappa shape index (κ2) is 8.79. The molecule has 144 valence electrons. The molecule has 0 saturated heterocycles. The van der Waals surface area contributed by atoms with Crippen LogP contribution in [-0.4, -0.2) is 49.5 Å². The third-order valence-corrected chi connectivity index (χ3v) is 3.78. The molecule has 1 heterocycles. The van der Waals surface area contributed by atoms with Crippen LogP contribution in [0.5, 0.6) is 5.75 Å². The van der Waals surface area contributed by atoms with Crippen LogP contribution in [0.25, 0.3) is 0 Å². The van der Waals surface area contributed by atoms with Crippen molar-refractivity contribution < 1.29 is 37.3 Å². The van der Waals surface area contributed by atoms with E-state index in [1.54, 1.807) is 0 Å². The summed E-state index contributed by atoms with van der Waals surface area (Å²) in [5, 5.41) is 9.75. The van der Waals surface area contributed by atoms with E-state index in [1.165, 1.54) is 19.2 Å². The number of rotatable bonds is 6. The summed E-state index contributed by atoms with van der Waals surface area (Å²) < 4.78 is 52.6. The van der Waals surface area contributed by atoms with E-state index in [4.69, 9.17) is 9.47 Å². The lowest BCUT2D eigenvalue weighted by atomic mass is 10.2. The monoisotopic (exact) mass is 375 g/mol. The van der Waals surface area contributed by atoms with E-state index in [1.807, 2.05) is 4.90 Å². The van der Waals surface area contributed by atoms with Crippen LogP contribution in [0.3, 0.4) is 0 Å². The summed E-state index contributed by atoms with van der Waals surface area (Å²) in [7, 11) is 1.17. The van der Waals surface area contributed by atoms with Gasteiger partial charge in [0.15, 0.2) is 5.76 Å². The van der Waals surface area contributed by atoms with Gasteiger partial charge in [-0.25, -0.2) is 4.79 Å². The lowest BCUT2D eigenvalue weighted by Crippen LogP contribution is -2.34. The van der Waals surface area contributed by atoms with Crippen molar-refractivity contribution in [2.24, 2.45) is 0 Å². The van der Waals surface area contributed by atoms with Crippen molar-refractivity contribution in [2.45, 2.75) is 19.0 Å². The van der Waals surface area contributed by atoms with Gasteiger partial charge >= 0.3 is 12.3 Å². The molecule has 1 aliphatic rings. The zero-order valence-corrected chi connectivity index (χ0v) is 14.2. The van der Waals surface area contributed by atoms with Crippen molar-refractivity contribution in [3.8, 4) is 5.75 Å². The van der Waals surface area contributed by atoms with Crippen molar-refractivity contribution in [1.82, 2.24) is 4.90 Å². The van der Waals surface area contributed by atoms with E-state index < -0.39 is 17.9 Å². The number of halogens is 3. The molecule has 1 N–H and O–H groups in total. The Labute approximate surface area is 148 Å². The molecule has 0 unspecified atom stereocenters. The highest BCUT2D eigenvalue weighted by Crippen LogP contribution is 2.31. The van der Waals surface area contributed by atoms with Gasteiger partial charge in [-0.1, -0.05) is 6.07 Å². The maximum absolute atomic E-state index is 12.7. The molecule has 0 spiro atoms. The van der Waals surface area contributed by atoms with Gasteiger partial charge in [-0.3, -0.25) is 4.90 Å². The summed E-state index contributed by atoms with van der Waals surface area (Å²) in [6, 6.07) is 4.72. The van der Waals surface area contributed by atoms with Crippen molar-refractivity contribution in [3.63, 3.8) is 0 Å². The van der Waals surface area contributed by atoms with E-state index in [0.717, 1.165) is 12.1 Å². The Kier molecular flexibility index (Phi) is 6.73. The summed E-state index contributed by atoms with van der Waals surface area (Å²) in [4.78, 5) is 13.1. The molecule has 26 heavy (non-hydrogen) atoms. The van der Waals surface area contributed by atoms with Crippen LogP contribution < -0.4 is 4.74 Å². The average molecular weight is 375 g/mol. The van der Waals surface area contributed by atoms with Gasteiger partial charge in [-0.05, 0) is 24.6 Å². The number of hydrogen-bond donors (Lipinski definition) is 1. The minimum absolute atomic E-state index is 0.00636. The molecule has 0 bridgehead atoms. The van der Waals surface area contributed by atoms with Gasteiger partial charge in [0.05, 0.1) is 25.8 Å². The Morgan fingerprint density at radius 1 is 1.35 bits per heavy atom. The van der Waals surface area contributed by atoms with Gasteiger partial charge in [-0.15, -0.1) is 0 Å². The molecule has 0 saturated carbocycles. The number of carbonyl (C=O) groups excluding carboxylic acids is 1. The molecule has 0 aromatic heterocycles. The van der Waals surface area contributed by atoms with Crippen molar-refractivity contribution in [2.75, 3.05) is 33.4 Å². The molecule has 2 rings (SSSR count). The molecule has 0 radical (unpaired) electrons. The molecule has 0 aliphatic carbocycles. The fourth-order valence-electron chi connectivity index (χ4n) is 2.44. The predicted molar refractivity (Wildman–Crippen MR) is 85.8 cm³/mol. The molecule has 1 aromatic carbocycles. The minimum atomic E-state index is -4.41. The SMILES string of the molecule is COC(=O)OC1=C(O)CCN(CCCOc2cccc(C(F)(F)F)c2)C1. The van der Waals surface area contributed by atoms with Gasteiger partial charge in [0.25, 0.3) is 0 Å². The summed E-state index contributed by atoms with van der Waals surface area (Å²) in [5.74, 6) is 0.305. The van der Waals surface area contributed by atoms with E-state index in [0.29, 0.717) is 25.9 Å². The topological polar surface area (TPSA) is 68.2 Å². The lowest BCUT2D eigenvalue weighted by molar-refractivity contribution is -0.137. The Morgan fingerprint density at radius 3 is 2.81 bits per heavy atom. The Balaban J connectivity index is 1.78. The summed E-state index contributed by atoms with van der Waals surface area (Å²) in [5.41, 5.74) is -0.753. The zero-order chi connectivity index (χ0) is 19.2. The summed E-state index contributed by atoms with van der Waals surface area (Å²) in [6.45, 7) is 1.62. The van der Waals surface area contributed by atoms with Gasteiger partial charge in [-0.2, -0.15) is 13.2 Å². The van der Waals surface area contributed by atoms with E-state index >= 15 is 0 Å². The van der Waals surface area contributed by atoms with E-state index in [9.17, 15) is 23.1 Å². The molecule has 6 nitrogen and oxygen atoms in total. The van der Waals surface area contributed by atoms with Gasteiger partial charge in [0.1, 0.15) is 11.5 Å². The number of aliphatic hydroxyl groups excluding tert-OH is 1. The first-order valence-corrected chi connectivity index (χ1v) is 7.99. The fourth-order valence-corrected chi connectivity index (χ4v) is 2.44. The van der Waals surface area contributed by atoms with Crippen LogP contribution in [0.1, 0.15) is 18.4 Å². The maximum atomic E-state index is 12.7. The summed E-state index contributed by atoms with van der Waals surface area (Å²) >= 11 is 0. The largest absolute Gasteiger partial charge is 0.513 e. The Hall–Kier alpha value is -2.42. The third-order valence-electron chi connectivity index (χ3n) is 3.78. The Morgan fingerprint density at radius 2 is 2.12 bits per heavy atom. The molecule has 0 atom stereocenters. The maximum Gasteiger partial charge on any atom is 0.513 e. The van der Waals surface area contributed by atoms with E-state index in [2.05, 4.69) is 4.74 Å². The van der Waals surface area contributed by atoms with Gasteiger partial charge in [0.2, 0.25) is 0 Å². The van der Waals surface area contributed by atoms with Crippen molar-refractivity contribution in [3.05, 3.63) is 41.3 Å². The normalized spacial score (nSPS) is 15.7. The smallest absolute Gasteiger partial charge is 0.509 e. The minimum Gasteiger partial charge on any atom is -0.509 e. The van der Waals surface area contributed by atoms with Crippen LogP contribution in [0.4, 0.5) is 18.0 Å². The van der Waals surface area contributed by atoms with Crippen molar-refractivity contribution in [1.29, 1.82) is 0 Å².